The van der Waals surface area contributed by atoms with E-state index in [-0.39, 0.29) is 0 Å². The maximum absolute atomic E-state index is 6.17. The maximum atomic E-state index is 6.17. The molecule has 1 heterocycles. The summed E-state index contributed by atoms with van der Waals surface area (Å²) < 4.78 is 6.70. The van der Waals surface area contributed by atoms with Gasteiger partial charge < -0.3 is 4.42 Å². The fraction of sp³-hybridized carbons (Fsp3) is 0.0714. The molecule has 0 saturated carbocycles. The molecule has 3 rings (SSSR count). The predicted molar refractivity (Wildman–Crippen MR) is 76.9 cm³/mol. The molecule has 0 spiro atoms. The van der Waals surface area contributed by atoms with Gasteiger partial charge in [-0.3, -0.25) is 0 Å². The minimum Gasteiger partial charge on any atom is -0.436 e. The molecular weight excluding hydrogens is 314 g/mol. The van der Waals surface area contributed by atoms with E-state index >= 15 is 0 Å². The number of halogens is 2. The van der Waals surface area contributed by atoms with E-state index in [1.807, 2.05) is 43.3 Å². The Morgan fingerprint density at radius 2 is 2.00 bits per heavy atom. The third kappa shape index (κ3) is 2.04. The number of benzene rings is 2. The summed E-state index contributed by atoms with van der Waals surface area (Å²) in [4.78, 5) is 4.45. The predicted octanol–water partition coefficient (Wildman–Crippen LogP) is 5.22. The molecule has 18 heavy (non-hydrogen) atoms. The molecule has 0 amide bonds. The lowest BCUT2D eigenvalue weighted by molar-refractivity contribution is 0.619. The van der Waals surface area contributed by atoms with Gasteiger partial charge in [-0.1, -0.05) is 33.6 Å². The summed E-state index contributed by atoms with van der Waals surface area (Å²) in [5.74, 6) is 0.543. The third-order valence-electron chi connectivity index (χ3n) is 2.70. The summed E-state index contributed by atoms with van der Waals surface area (Å²) in [6.07, 6.45) is 0. The molecule has 0 N–H and O–H groups in total. The molecule has 0 radical (unpaired) electrons. The van der Waals surface area contributed by atoms with Crippen molar-refractivity contribution in [3.63, 3.8) is 0 Å². The van der Waals surface area contributed by atoms with Gasteiger partial charge in [0.25, 0.3) is 0 Å². The molecule has 0 aliphatic carbocycles. The lowest BCUT2D eigenvalue weighted by Crippen LogP contribution is -1.79. The molecule has 0 fully saturated rings. The van der Waals surface area contributed by atoms with Crippen LogP contribution >= 0.6 is 27.5 Å². The Bertz CT molecular complexity index is 736. The van der Waals surface area contributed by atoms with Crippen molar-refractivity contribution in [1.29, 1.82) is 0 Å². The molecule has 90 valence electrons. The molecular formula is C14H9BrClNO. The molecule has 2 nitrogen and oxygen atoms in total. The Balaban J connectivity index is 2.22. The quantitative estimate of drug-likeness (QED) is 0.614. The molecule has 0 aliphatic heterocycles. The average Bonchev–Trinajstić information content (AvgIpc) is 2.74. The standard InChI is InChI=1S/C14H9BrClNO/c1-8-2-5-12-13(6-8)18-14(17-12)10-7-9(15)3-4-11(10)16/h2-7H,1H3. The molecule has 4 heteroatoms. The van der Waals surface area contributed by atoms with Gasteiger partial charge in [-0.05, 0) is 42.8 Å². The highest BCUT2D eigenvalue weighted by Crippen LogP contribution is 2.32. The van der Waals surface area contributed by atoms with Crippen molar-refractivity contribution >= 4 is 38.6 Å². The number of rotatable bonds is 1. The first kappa shape index (κ1) is 11.8. The van der Waals surface area contributed by atoms with Crippen molar-refractivity contribution in [2.45, 2.75) is 6.92 Å². The minimum atomic E-state index is 0.543. The van der Waals surface area contributed by atoms with Crippen LogP contribution in [0.2, 0.25) is 5.02 Å². The molecule has 0 bridgehead atoms. The van der Waals surface area contributed by atoms with E-state index in [1.54, 1.807) is 0 Å². The van der Waals surface area contributed by atoms with Crippen molar-refractivity contribution in [3.05, 3.63) is 51.5 Å². The average molecular weight is 323 g/mol. The summed E-state index contributed by atoms with van der Waals surface area (Å²) in [5.41, 5.74) is 3.55. The molecule has 0 aliphatic rings. The summed E-state index contributed by atoms with van der Waals surface area (Å²) in [6, 6.07) is 11.5. The third-order valence-corrected chi connectivity index (χ3v) is 3.53. The van der Waals surface area contributed by atoms with Gasteiger partial charge in [0.05, 0.1) is 10.6 Å². The van der Waals surface area contributed by atoms with Crippen LogP contribution in [0, 0.1) is 6.92 Å². The Hall–Kier alpha value is -1.32. The smallest absolute Gasteiger partial charge is 0.228 e. The van der Waals surface area contributed by atoms with Crippen LogP contribution in [0.3, 0.4) is 0 Å². The topological polar surface area (TPSA) is 26.0 Å². The van der Waals surface area contributed by atoms with Gasteiger partial charge in [-0.25, -0.2) is 4.98 Å². The highest BCUT2D eigenvalue weighted by molar-refractivity contribution is 9.10. The van der Waals surface area contributed by atoms with Crippen molar-refractivity contribution < 1.29 is 4.42 Å². The number of hydrogen-bond donors (Lipinski definition) is 0. The fourth-order valence-corrected chi connectivity index (χ4v) is 2.37. The lowest BCUT2D eigenvalue weighted by Gasteiger charge is -1.99. The number of fused-ring (bicyclic) bond motifs is 1. The van der Waals surface area contributed by atoms with E-state index < -0.39 is 0 Å². The first-order chi connectivity index (χ1) is 8.63. The zero-order valence-electron chi connectivity index (χ0n) is 9.58. The van der Waals surface area contributed by atoms with E-state index in [0.717, 1.165) is 26.7 Å². The molecule has 2 aromatic carbocycles. The van der Waals surface area contributed by atoms with Gasteiger partial charge in [0, 0.05) is 4.47 Å². The highest BCUT2D eigenvalue weighted by atomic mass is 79.9. The minimum absolute atomic E-state index is 0.543. The summed E-state index contributed by atoms with van der Waals surface area (Å²) in [5, 5.41) is 0.626. The van der Waals surface area contributed by atoms with Gasteiger partial charge in [0.1, 0.15) is 5.52 Å². The van der Waals surface area contributed by atoms with Crippen LogP contribution in [0.25, 0.3) is 22.6 Å². The van der Waals surface area contributed by atoms with Crippen molar-refractivity contribution in [1.82, 2.24) is 4.98 Å². The van der Waals surface area contributed by atoms with Crippen LogP contribution in [-0.4, -0.2) is 4.98 Å². The van der Waals surface area contributed by atoms with Crippen LogP contribution < -0.4 is 0 Å². The van der Waals surface area contributed by atoms with Crippen LogP contribution in [0.4, 0.5) is 0 Å². The van der Waals surface area contributed by atoms with Crippen LogP contribution in [0.5, 0.6) is 0 Å². The zero-order chi connectivity index (χ0) is 12.7. The molecule has 3 aromatic rings. The van der Waals surface area contributed by atoms with Gasteiger partial charge in [-0.15, -0.1) is 0 Å². The fourth-order valence-electron chi connectivity index (χ4n) is 1.81. The number of hydrogen-bond acceptors (Lipinski definition) is 2. The number of nitrogens with zero attached hydrogens (tertiary/aromatic N) is 1. The molecule has 0 unspecified atom stereocenters. The number of aromatic nitrogens is 1. The van der Waals surface area contributed by atoms with Gasteiger partial charge in [0.15, 0.2) is 5.58 Å². The van der Waals surface area contributed by atoms with Crippen molar-refractivity contribution in [3.8, 4) is 11.5 Å². The second-order valence-electron chi connectivity index (χ2n) is 4.11. The van der Waals surface area contributed by atoms with Gasteiger partial charge >= 0.3 is 0 Å². The first-order valence-corrected chi connectivity index (χ1v) is 6.63. The Morgan fingerprint density at radius 1 is 1.17 bits per heavy atom. The summed E-state index contributed by atoms with van der Waals surface area (Å²) in [6.45, 7) is 2.02. The number of oxazole rings is 1. The van der Waals surface area contributed by atoms with Crippen molar-refractivity contribution in [2.24, 2.45) is 0 Å². The van der Waals surface area contributed by atoms with Gasteiger partial charge in [-0.2, -0.15) is 0 Å². The first-order valence-electron chi connectivity index (χ1n) is 5.46. The molecule has 0 saturated heterocycles. The Kier molecular flexibility index (Phi) is 2.88. The summed E-state index contributed by atoms with van der Waals surface area (Å²) >= 11 is 9.59. The Morgan fingerprint density at radius 3 is 2.83 bits per heavy atom. The van der Waals surface area contributed by atoms with E-state index in [0.29, 0.717) is 10.9 Å². The largest absolute Gasteiger partial charge is 0.436 e. The van der Waals surface area contributed by atoms with E-state index in [4.69, 9.17) is 16.0 Å². The second-order valence-corrected chi connectivity index (χ2v) is 5.44. The number of aryl methyl sites for hydroxylation is 1. The lowest BCUT2D eigenvalue weighted by atomic mass is 10.2. The van der Waals surface area contributed by atoms with Crippen LogP contribution in [0.1, 0.15) is 5.56 Å². The van der Waals surface area contributed by atoms with E-state index in [9.17, 15) is 0 Å². The molecule has 1 aromatic heterocycles. The normalized spacial score (nSPS) is 11.1. The van der Waals surface area contributed by atoms with E-state index in [2.05, 4.69) is 20.9 Å². The SMILES string of the molecule is Cc1ccc2nc(-c3cc(Br)ccc3Cl)oc2c1. The second kappa shape index (κ2) is 4.41. The van der Waals surface area contributed by atoms with Crippen LogP contribution in [0.15, 0.2) is 45.3 Å². The zero-order valence-corrected chi connectivity index (χ0v) is 11.9. The van der Waals surface area contributed by atoms with Gasteiger partial charge in [0.2, 0.25) is 5.89 Å². The highest BCUT2D eigenvalue weighted by Gasteiger charge is 2.12. The Labute approximate surface area is 118 Å². The van der Waals surface area contributed by atoms with Crippen LogP contribution in [-0.2, 0) is 0 Å². The van der Waals surface area contributed by atoms with Crippen molar-refractivity contribution in [2.75, 3.05) is 0 Å². The molecule has 0 atom stereocenters. The maximum Gasteiger partial charge on any atom is 0.228 e. The summed E-state index contributed by atoms with van der Waals surface area (Å²) in [7, 11) is 0. The monoisotopic (exact) mass is 321 g/mol. The van der Waals surface area contributed by atoms with E-state index in [1.165, 1.54) is 0 Å².